The highest BCUT2D eigenvalue weighted by molar-refractivity contribution is 5.68. The SMILES string of the molecule is OC[C@@H]1O[C@H](Nc2ccc(-c3ccc(N[C@@H]4C[C@H](O)[C@H](CO)O4)cc3)cc2)C[C@H]1O. The fourth-order valence-electron chi connectivity index (χ4n) is 3.86. The van der Waals surface area contributed by atoms with E-state index in [2.05, 4.69) is 10.6 Å². The first-order chi connectivity index (χ1) is 14.6. The normalized spacial score (nSPS) is 31.1. The van der Waals surface area contributed by atoms with Crippen LogP contribution in [0.25, 0.3) is 11.1 Å². The van der Waals surface area contributed by atoms with Crippen LogP contribution in [0.3, 0.4) is 0 Å². The molecule has 2 heterocycles. The molecule has 6 N–H and O–H groups in total. The third-order valence-corrected chi connectivity index (χ3v) is 5.57. The van der Waals surface area contributed by atoms with Crippen LogP contribution >= 0.6 is 0 Å². The summed E-state index contributed by atoms with van der Waals surface area (Å²) >= 11 is 0. The molecule has 0 radical (unpaired) electrons. The van der Waals surface area contributed by atoms with Crippen LogP contribution in [0.1, 0.15) is 12.8 Å². The molecule has 0 aliphatic carbocycles. The van der Waals surface area contributed by atoms with Gasteiger partial charge in [-0.25, -0.2) is 0 Å². The zero-order valence-corrected chi connectivity index (χ0v) is 16.5. The molecular weight excluding hydrogens is 388 g/mol. The maximum Gasteiger partial charge on any atom is 0.130 e. The van der Waals surface area contributed by atoms with E-state index in [0.717, 1.165) is 22.5 Å². The van der Waals surface area contributed by atoms with E-state index in [-0.39, 0.29) is 25.7 Å². The molecule has 2 aromatic carbocycles. The lowest BCUT2D eigenvalue weighted by Crippen LogP contribution is -2.25. The quantitative estimate of drug-likeness (QED) is 0.397. The van der Waals surface area contributed by atoms with Gasteiger partial charge in [0, 0.05) is 24.2 Å². The van der Waals surface area contributed by atoms with E-state index in [4.69, 9.17) is 9.47 Å². The van der Waals surface area contributed by atoms with Crippen LogP contribution in [0, 0.1) is 0 Å². The Morgan fingerprint density at radius 1 is 0.667 bits per heavy atom. The second-order valence-electron chi connectivity index (χ2n) is 7.74. The summed E-state index contributed by atoms with van der Waals surface area (Å²) in [6, 6.07) is 15.8. The summed E-state index contributed by atoms with van der Waals surface area (Å²) in [4.78, 5) is 0. The van der Waals surface area contributed by atoms with Crippen molar-refractivity contribution in [2.24, 2.45) is 0 Å². The number of benzene rings is 2. The maximum absolute atomic E-state index is 9.82. The van der Waals surface area contributed by atoms with Gasteiger partial charge in [0.15, 0.2) is 0 Å². The lowest BCUT2D eigenvalue weighted by atomic mass is 10.0. The molecule has 4 rings (SSSR count). The van der Waals surface area contributed by atoms with E-state index >= 15 is 0 Å². The third-order valence-electron chi connectivity index (χ3n) is 5.57. The van der Waals surface area contributed by atoms with Gasteiger partial charge in [0.05, 0.1) is 25.4 Å². The number of hydrogen-bond acceptors (Lipinski definition) is 8. The number of aliphatic hydroxyl groups excluding tert-OH is 4. The Kier molecular flexibility index (Phi) is 6.52. The van der Waals surface area contributed by atoms with E-state index in [1.807, 2.05) is 48.5 Å². The monoisotopic (exact) mass is 416 g/mol. The van der Waals surface area contributed by atoms with Crippen molar-refractivity contribution in [2.75, 3.05) is 23.8 Å². The Hall–Kier alpha value is -2.20. The van der Waals surface area contributed by atoms with E-state index in [1.54, 1.807) is 0 Å². The van der Waals surface area contributed by atoms with Crippen LogP contribution < -0.4 is 10.6 Å². The predicted octanol–water partition coefficient (Wildman–Crippen LogP) is 1.11. The van der Waals surface area contributed by atoms with Crippen molar-refractivity contribution in [1.82, 2.24) is 0 Å². The van der Waals surface area contributed by atoms with Crippen molar-refractivity contribution >= 4 is 11.4 Å². The van der Waals surface area contributed by atoms with Crippen LogP contribution in [-0.2, 0) is 9.47 Å². The lowest BCUT2D eigenvalue weighted by Gasteiger charge is -2.16. The van der Waals surface area contributed by atoms with Gasteiger partial charge in [-0.3, -0.25) is 0 Å². The summed E-state index contributed by atoms with van der Waals surface area (Å²) in [6.07, 6.45) is -2.18. The highest BCUT2D eigenvalue weighted by atomic mass is 16.5. The molecule has 2 fully saturated rings. The average molecular weight is 416 g/mol. The summed E-state index contributed by atoms with van der Waals surface area (Å²) in [5.74, 6) is 0. The Morgan fingerprint density at radius 2 is 1.03 bits per heavy atom. The summed E-state index contributed by atoms with van der Waals surface area (Å²) in [5.41, 5.74) is 3.87. The second kappa shape index (κ2) is 9.30. The fraction of sp³-hybridized carbons (Fsp3) is 0.455. The first-order valence-corrected chi connectivity index (χ1v) is 10.2. The first-order valence-electron chi connectivity index (χ1n) is 10.2. The van der Waals surface area contributed by atoms with Crippen LogP contribution in [0.5, 0.6) is 0 Å². The summed E-state index contributed by atoms with van der Waals surface area (Å²) in [5, 5.41) is 44.4. The molecule has 0 saturated carbocycles. The molecule has 2 aliphatic heterocycles. The molecule has 0 unspecified atom stereocenters. The Bertz CT molecular complexity index is 746. The number of aliphatic hydroxyl groups is 4. The number of anilines is 2. The first kappa shape index (κ1) is 21.0. The highest BCUT2D eigenvalue weighted by Crippen LogP contribution is 2.27. The number of hydrogen-bond donors (Lipinski definition) is 6. The Morgan fingerprint density at radius 3 is 1.33 bits per heavy atom. The molecule has 8 heteroatoms. The van der Waals surface area contributed by atoms with Crippen LogP contribution in [0.2, 0.25) is 0 Å². The largest absolute Gasteiger partial charge is 0.394 e. The van der Waals surface area contributed by atoms with Gasteiger partial charge in [0.2, 0.25) is 0 Å². The molecule has 2 aliphatic rings. The molecule has 0 bridgehead atoms. The molecule has 8 nitrogen and oxygen atoms in total. The number of nitrogens with one attached hydrogen (secondary N) is 2. The molecule has 2 aromatic rings. The molecular formula is C22H28N2O6. The van der Waals surface area contributed by atoms with Gasteiger partial charge in [-0.1, -0.05) is 24.3 Å². The summed E-state index contributed by atoms with van der Waals surface area (Å²) < 4.78 is 11.1. The fourth-order valence-corrected chi connectivity index (χ4v) is 3.86. The van der Waals surface area contributed by atoms with Crippen molar-refractivity contribution in [2.45, 2.75) is 49.7 Å². The van der Waals surface area contributed by atoms with Gasteiger partial charge in [0.1, 0.15) is 24.7 Å². The van der Waals surface area contributed by atoms with Crippen LogP contribution in [0.4, 0.5) is 11.4 Å². The topological polar surface area (TPSA) is 123 Å². The van der Waals surface area contributed by atoms with Gasteiger partial charge in [-0.15, -0.1) is 0 Å². The molecule has 30 heavy (non-hydrogen) atoms. The summed E-state index contributed by atoms with van der Waals surface area (Å²) in [7, 11) is 0. The van der Waals surface area contributed by atoms with Gasteiger partial charge in [-0.2, -0.15) is 0 Å². The van der Waals surface area contributed by atoms with Crippen molar-refractivity contribution in [3.8, 4) is 11.1 Å². The summed E-state index contributed by atoms with van der Waals surface area (Å²) in [6.45, 7) is -0.392. The number of rotatable bonds is 7. The van der Waals surface area contributed by atoms with Crippen molar-refractivity contribution in [3.63, 3.8) is 0 Å². The third kappa shape index (κ3) is 4.75. The molecule has 0 spiro atoms. The minimum atomic E-state index is -0.661. The maximum atomic E-state index is 9.82. The van der Waals surface area contributed by atoms with E-state index < -0.39 is 24.4 Å². The highest BCUT2D eigenvalue weighted by Gasteiger charge is 2.34. The van der Waals surface area contributed by atoms with Gasteiger partial charge in [-0.05, 0) is 35.4 Å². The molecule has 6 atom stereocenters. The van der Waals surface area contributed by atoms with Crippen molar-refractivity contribution < 1.29 is 29.9 Å². The van der Waals surface area contributed by atoms with Crippen molar-refractivity contribution in [3.05, 3.63) is 48.5 Å². The smallest absolute Gasteiger partial charge is 0.130 e. The van der Waals surface area contributed by atoms with Crippen LogP contribution in [0.15, 0.2) is 48.5 Å². The van der Waals surface area contributed by atoms with Crippen LogP contribution in [-0.4, -0.2) is 70.5 Å². The van der Waals surface area contributed by atoms with Gasteiger partial charge >= 0.3 is 0 Å². The van der Waals surface area contributed by atoms with E-state index in [0.29, 0.717) is 12.8 Å². The number of ether oxygens (including phenoxy) is 2. The zero-order chi connectivity index (χ0) is 21.1. The minimum absolute atomic E-state index is 0.196. The standard InChI is InChI=1S/C22H28N2O6/c25-11-19-17(27)9-21(29-19)23-15-5-1-13(2-6-15)14-3-7-16(8-4-14)24-22-10-18(28)20(12-26)30-22/h1-8,17-28H,9-12H2/t17-,18+,19-,20-,21-,22-/m0/s1. The Balaban J connectivity index is 1.33. The average Bonchev–Trinajstić information content (AvgIpc) is 3.30. The van der Waals surface area contributed by atoms with Gasteiger partial charge in [0.25, 0.3) is 0 Å². The van der Waals surface area contributed by atoms with E-state index in [9.17, 15) is 20.4 Å². The van der Waals surface area contributed by atoms with E-state index in [1.165, 1.54) is 0 Å². The zero-order valence-electron chi connectivity index (χ0n) is 16.5. The molecule has 0 amide bonds. The Labute approximate surface area is 175 Å². The second-order valence-corrected chi connectivity index (χ2v) is 7.74. The molecule has 162 valence electrons. The van der Waals surface area contributed by atoms with Crippen molar-refractivity contribution in [1.29, 1.82) is 0 Å². The lowest BCUT2D eigenvalue weighted by molar-refractivity contribution is -0.0149. The predicted molar refractivity (Wildman–Crippen MR) is 112 cm³/mol. The van der Waals surface area contributed by atoms with Gasteiger partial charge < -0.3 is 40.5 Å². The molecule has 2 saturated heterocycles. The minimum Gasteiger partial charge on any atom is -0.394 e. The molecule has 0 aromatic heterocycles.